The molecular formula is C8H15NO2. The second kappa shape index (κ2) is 5.92. The summed E-state index contributed by atoms with van der Waals surface area (Å²) in [7, 11) is 0. The summed E-state index contributed by atoms with van der Waals surface area (Å²) in [6.45, 7) is 6.31. The fourth-order valence-corrected chi connectivity index (χ4v) is 0.457. The summed E-state index contributed by atoms with van der Waals surface area (Å²) in [6, 6.07) is 0. The number of allylic oxidation sites excluding steroid dienone is 1. The molecule has 0 rings (SSSR count). The number of hydrogen-bond donors (Lipinski definition) is 1. The number of amides is 1. The minimum Gasteiger partial charge on any atom is -0.274 e. The summed E-state index contributed by atoms with van der Waals surface area (Å²) in [5, 5.41) is 0. The Hall–Kier alpha value is -0.830. The Morgan fingerprint density at radius 3 is 2.73 bits per heavy atom. The zero-order valence-electron chi connectivity index (χ0n) is 7.26. The van der Waals surface area contributed by atoms with Gasteiger partial charge < -0.3 is 0 Å². The Balaban J connectivity index is 3.51. The first-order chi connectivity index (χ1) is 5.16. The number of carbonyl (C=O) groups is 1. The molecule has 1 N–H and O–H groups in total. The maximum atomic E-state index is 10.8. The van der Waals surface area contributed by atoms with Crippen molar-refractivity contribution in [2.24, 2.45) is 5.92 Å². The predicted molar refractivity (Wildman–Crippen MR) is 43.7 cm³/mol. The van der Waals surface area contributed by atoms with Crippen LogP contribution in [0.3, 0.4) is 0 Å². The molecular weight excluding hydrogens is 142 g/mol. The zero-order valence-corrected chi connectivity index (χ0v) is 7.26. The highest BCUT2D eigenvalue weighted by Crippen LogP contribution is 1.92. The van der Waals surface area contributed by atoms with E-state index in [0.29, 0.717) is 12.5 Å². The lowest BCUT2D eigenvalue weighted by molar-refractivity contribution is -0.128. The molecule has 0 aliphatic heterocycles. The van der Waals surface area contributed by atoms with Gasteiger partial charge in [-0.15, -0.1) is 0 Å². The highest BCUT2D eigenvalue weighted by molar-refractivity contribution is 5.86. The smallest absolute Gasteiger partial charge is 0.267 e. The molecule has 0 atom stereocenters. The molecule has 0 fully saturated rings. The fourth-order valence-electron chi connectivity index (χ4n) is 0.457. The Morgan fingerprint density at radius 1 is 1.64 bits per heavy atom. The summed E-state index contributed by atoms with van der Waals surface area (Å²) < 4.78 is 0. The average Bonchev–Trinajstić information content (AvgIpc) is 1.97. The highest BCUT2D eigenvalue weighted by Gasteiger charge is 1.92. The van der Waals surface area contributed by atoms with Gasteiger partial charge in [-0.1, -0.05) is 19.9 Å². The van der Waals surface area contributed by atoms with Gasteiger partial charge in [0.25, 0.3) is 5.91 Å². The Kier molecular flexibility index (Phi) is 5.47. The van der Waals surface area contributed by atoms with Gasteiger partial charge in [0.2, 0.25) is 0 Å². The third kappa shape index (κ3) is 7.06. The van der Waals surface area contributed by atoms with Crippen molar-refractivity contribution in [3.8, 4) is 0 Å². The lowest BCUT2D eigenvalue weighted by atomic mass is 10.2. The molecule has 0 aromatic carbocycles. The maximum absolute atomic E-state index is 10.8. The van der Waals surface area contributed by atoms with E-state index < -0.39 is 0 Å². The molecule has 3 nitrogen and oxygen atoms in total. The summed E-state index contributed by atoms with van der Waals surface area (Å²) in [5.41, 5.74) is 2.26. The molecule has 0 heterocycles. The molecule has 0 aliphatic rings. The standard InChI is InChI=1S/C8H15NO2/c1-4-11-9-8(10)6-5-7(2)3/h5-7H,4H2,1-3H3,(H,9,10). The number of carbonyl (C=O) groups excluding carboxylic acids is 1. The number of hydrogen-bond acceptors (Lipinski definition) is 2. The minimum absolute atomic E-state index is 0.208. The SMILES string of the molecule is CCONC(=O)C=CC(C)C. The number of hydroxylamine groups is 1. The van der Waals surface area contributed by atoms with E-state index in [1.165, 1.54) is 6.08 Å². The Morgan fingerprint density at radius 2 is 2.27 bits per heavy atom. The van der Waals surface area contributed by atoms with Crippen LogP contribution in [-0.2, 0) is 9.63 Å². The van der Waals surface area contributed by atoms with Crippen LogP contribution in [0, 0.1) is 5.92 Å². The summed E-state index contributed by atoms with van der Waals surface area (Å²) in [6.07, 6.45) is 3.29. The topological polar surface area (TPSA) is 38.3 Å². The molecule has 3 heteroatoms. The van der Waals surface area contributed by atoms with Crippen LogP contribution in [-0.4, -0.2) is 12.5 Å². The molecule has 1 amide bonds. The van der Waals surface area contributed by atoms with Crippen LogP contribution in [0.15, 0.2) is 12.2 Å². The third-order valence-electron chi connectivity index (χ3n) is 0.950. The van der Waals surface area contributed by atoms with Gasteiger partial charge in [0.05, 0.1) is 6.61 Å². The number of nitrogens with one attached hydrogen (secondary N) is 1. The first-order valence-electron chi connectivity index (χ1n) is 3.76. The van der Waals surface area contributed by atoms with E-state index in [4.69, 9.17) is 0 Å². The van der Waals surface area contributed by atoms with E-state index in [2.05, 4.69) is 10.3 Å². The highest BCUT2D eigenvalue weighted by atomic mass is 16.6. The van der Waals surface area contributed by atoms with Gasteiger partial charge in [0.15, 0.2) is 0 Å². The normalized spacial score (nSPS) is 10.9. The number of rotatable bonds is 4. The van der Waals surface area contributed by atoms with Gasteiger partial charge in [-0.3, -0.25) is 9.63 Å². The van der Waals surface area contributed by atoms with Gasteiger partial charge in [0.1, 0.15) is 0 Å². The van der Waals surface area contributed by atoms with Crippen molar-refractivity contribution in [1.82, 2.24) is 5.48 Å². The summed E-state index contributed by atoms with van der Waals surface area (Å²) in [4.78, 5) is 15.5. The first kappa shape index (κ1) is 10.2. The zero-order chi connectivity index (χ0) is 8.69. The van der Waals surface area contributed by atoms with E-state index in [-0.39, 0.29) is 5.91 Å². The molecule has 0 bridgehead atoms. The molecule has 0 aliphatic carbocycles. The minimum atomic E-state index is -0.208. The summed E-state index contributed by atoms with van der Waals surface area (Å²) >= 11 is 0. The molecule has 0 aromatic rings. The van der Waals surface area contributed by atoms with Crippen molar-refractivity contribution in [3.63, 3.8) is 0 Å². The molecule has 0 spiro atoms. The van der Waals surface area contributed by atoms with Gasteiger partial charge in [-0.2, -0.15) is 0 Å². The lowest BCUT2D eigenvalue weighted by Gasteiger charge is -1.98. The van der Waals surface area contributed by atoms with E-state index >= 15 is 0 Å². The van der Waals surface area contributed by atoms with Crippen molar-refractivity contribution < 1.29 is 9.63 Å². The Bertz CT molecular complexity index is 141. The molecule has 0 radical (unpaired) electrons. The van der Waals surface area contributed by atoms with Crippen LogP contribution >= 0.6 is 0 Å². The molecule has 0 saturated carbocycles. The van der Waals surface area contributed by atoms with Gasteiger partial charge in [-0.25, -0.2) is 5.48 Å². The van der Waals surface area contributed by atoms with E-state index in [1.807, 2.05) is 26.8 Å². The second-order valence-corrected chi connectivity index (χ2v) is 2.50. The van der Waals surface area contributed by atoms with Crippen molar-refractivity contribution in [1.29, 1.82) is 0 Å². The Labute approximate surface area is 67.4 Å². The molecule has 0 saturated heterocycles. The summed E-state index contributed by atoms with van der Waals surface area (Å²) in [5.74, 6) is 0.183. The van der Waals surface area contributed by atoms with Gasteiger partial charge in [-0.05, 0) is 12.8 Å². The van der Waals surface area contributed by atoms with Crippen LogP contribution in [0.5, 0.6) is 0 Å². The molecule has 11 heavy (non-hydrogen) atoms. The van der Waals surface area contributed by atoms with Crippen molar-refractivity contribution in [2.45, 2.75) is 20.8 Å². The third-order valence-corrected chi connectivity index (χ3v) is 0.950. The second-order valence-electron chi connectivity index (χ2n) is 2.50. The van der Waals surface area contributed by atoms with Crippen LogP contribution in [0.1, 0.15) is 20.8 Å². The van der Waals surface area contributed by atoms with E-state index in [0.717, 1.165) is 0 Å². The van der Waals surface area contributed by atoms with Gasteiger partial charge >= 0.3 is 0 Å². The lowest BCUT2D eigenvalue weighted by Crippen LogP contribution is -2.21. The largest absolute Gasteiger partial charge is 0.274 e. The molecule has 0 aromatic heterocycles. The monoisotopic (exact) mass is 157 g/mol. The quantitative estimate of drug-likeness (QED) is 0.493. The van der Waals surface area contributed by atoms with Crippen molar-refractivity contribution >= 4 is 5.91 Å². The van der Waals surface area contributed by atoms with Crippen molar-refractivity contribution in [2.75, 3.05) is 6.61 Å². The molecule has 0 unspecified atom stereocenters. The first-order valence-corrected chi connectivity index (χ1v) is 3.76. The van der Waals surface area contributed by atoms with E-state index in [1.54, 1.807) is 0 Å². The fraction of sp³-hybridized carbons (Fsp3) is 0.625. The van der Waals surface area contributed by atoms with Crippen LogP contribution in [0.25, 0.3) is 0 Å². The maximum Gasteiger partial charge on any atom is 0.267 e. The van der Waals surface area contributed by atoms with Gasteiger partial charge in [0, 0.05) is 6.08 Å². The predicted octanol–water partition coefficient (Wildman–Crippen LogP) is 1.27. The molecule has 64 valence electrons. The average molecular weight is 157 g/mol. The van der Waals surface area contributed by atoms with E-state index in [9.17, 15) is 4.79 Å². The van der Waals surface area contributed by atoms with Crippen LogP contribution in [0.4, 0.5) is 0 Å². The van der Waals surface area contributed by atoms with Crippen LogP contribution in [0.2, 0.25) is 0 Å². The van der Waals surface area contributed by atoms with Crippen molar-refractivity contribution in [3.05, 3.63) is 12.2 Å². The van der Waals surface area contributed by atoms with Crippen LogP contribution < -0.4 is 5.48 Å².